The molecule has 3 unspecified atom stereocenters. The Bertz CT molecular complexity index is 646. The van der Waals surface area contributed by atoms with Crippen LogP contribution in [-0.2, 0) is 4.74 Å². The topological polar surface area (TPSA) is 21.3 Å². The standard InChI is InChI=1S/C18H23NOS/c1-11-14-5-3-4-6-16(14)21-18(11)12(2)19-15-9-10-20-17(15)13-7-8-13/h3-6,12-13,15,17,19H,7-10H2,1-2H3. The van der Waals surface area contributed by atoms with E-state index in [1.165, 1.54) is 33.4 Å². The molecule has 1 aromatic heterocycles. The molecule has 1 N–H and O–H groups in total. The lowest BCUT2D eigenvalue weighted by Gasteiger charge is -2.24. The lowest BCUT2D eigenvalue weighted by atomic mass is 10.0. The number of hydrogen-bond donors (Lipinski definition) is 1. The molecule has 2 aromatic rings. The Kier molecular flexibility index (Phi) is 3.52. The number of thiophene rings is 1. The summed E-state index contributed by atoms with van der Waals surface area (Å²) in [6, 6.07) is 9.69. The fraction of sp³-hybridized carbons (Fsp3) is 0.556. The molecule has 112 valence electrons. The Morgan fingerprint density at radius 1 is 1.24 bits per heavy atom. The zero-order valence-corrected chi connectivity index (χ0v) is 13.6. The Hall–Kier alpha value is -0.900. The summed E-state index contributed by atoms with van der Waals surface area (Å²) in [7, 11) is 0. The third-order valence-corrected chi connectivity index (χ3v) is 6.42. The molecule has 0 spiro atoms. The summed E-state index contributed by atoms with van der Waals surface area (Å²) in [6.07, 6.45) is 4.34. The second-order valence-corrected chi connectivity index (χ2v) is 7.63. The van der Waals surface area contributed by atoms with Crippen LogP contribution in [-0.4, -0.2) is 18.8 Å². The maximum atomic E-state index is 5.96. The highest BCUT2D eigenvalue weighted by Gasteiger charge is 2.41. The van der Waals surface area contributed by atoms with Gasteiger partial charge < -0.3 is 10.1 Å². The van der Waals surface area contributed by atoms with Gasteiger partial charge in [-0.3, -0.25) is 0 Å². The quantitative estimate of drug-likeness (QED) is 0.902. The van der Waals surface area contributed by atoms with Crippen LogP contribution in [0.1, 0.15) is 42.7 Å². The molecule has 1 aliphatic carbocycles. The summed E-state index contributed by atoms with van der Waals surface area (Å²) in [6.45, 7) is 5.49. The normalized spacial score (nSPS) is 27.3. The van der Waals surface area contributed by atoms with E-state index < -0.39 is 0 Å². The van der Waals surface area contributed by atoms with E-state index in [0.29, 0.717) is 18.2 Å². The summed E-state index contributed by atoms with van der Waals surface area (Å²) in [5.74, 6) is 0.820. The first-order valence-corrected chi connectivity index (χ1v) is 8.91. The van der Waals surface area contributed by atoms with Crippen LogP contribution in [0.15, 0.2) is 24.3 Å². The van der Waals surface area contributed by atoms with Gasteiger partial charge in [0.25, 0.3) is 0 Å². The van der Waals surface area contributed by atoms with Crippen molar-refractivity contribution in [1.82, 2.24) is 5.32 Å². The number of nitrogens with one attached hydrogen (secondary N) is 1. The van der Waals surface area contributed by atoms with Gasteiger partial charge in [0.1, 0.15) is 0 Å². The van der Waals surface area contributed by atoms with Gasteiger partial charge in [0, 0.05) is 28.3 Å². The molecule has 0 bridgehead atoms. The van der Waals surface area contributed by atoms with Gasteiger partial charge in [0.15, 0.2) is 0 Å². The SMILES string of the molecule is Cc1c(C(C)NC2CCOC2C2CC2)sc2ccccc12. The third-order valence-electron chi connectivity index (χ3n) is 4.96. The van der Waals surface area contributed by atoms with E-state index in [1.54, 1.807) is 0 Å². The highest BCUT2D eigenvalue weighted by molar-refractivity contribution is 7.19. The number of fused-ring (bicyclic) bond motifs is 1. The van der Waals surface area contributed by atoms with Crippen molar-refractivity contribution in [3.05, 3.63) is 34.7 Å². The average molecular weight is 301 g/mol. The van der Waals surface area contributed by atoms with Crippen molar-refractivity contribution in [2.45, 2.75) is 51.3 Å². The number of aryl methyl sites for hydroxylation is 1. The highest BCUT2D eigenvalue weighted by Crippen LogP contribution is 2.40. The van der Waals surface area contributed by atoms with Crippen LogP contribution >= 0.6 is 11.3 Å². The lowest BCUT2D eigenvalue weighted by Crippen LogP contribution is -2.39. The van der Waals surface area contributed by atoms with Crippen molar-refractivity contribution in [3.8, 4) is 0 Å². The zero-order valence-electron chi connectivity index (χ0n) is 12.8. The molecule has 2 heterocycles. The minimum Gasteiger partial charge on any atom is -0.376 e. The molecule has 3 heteroatoms. The maximum absolute atomic E-state index is 5.96. The van der Waals surface area contributed by atoms with Crippen LogP contribution < -0.4 is 5.32 Å². The van der Waals surface area contributed by atoms with Crippen LogP contribution in [0.5, 0.6) is 0 Å². The van der Waals surface area contributed by atoms with Gasteiger partial charge in [-0.15, -0.1) is 11.3 Å². The first-order chi connectivity index (χ1) is 10.2. The molecule has 2 fully saturated rings. The summed E-state index contributed by atoms with van der Waals surface area (Å²) >= 11 is 1.94. The van der Waals surface area contributed by atoms with Crippen molar-refractivity contribution in [1.29, 1.82) is 0 Å². The summed E-state index contributed by atoms with van der Waals surface area (Å²) in [5, 5.41) is 5.26. The van der Waals surface area contributed by atoms with Gasteiger partial charge in [-0.1, -0.05) is 18.2 Å². The number of hydrogen-bond acceptors (Lipinski definition) is 3. The number of ether oxygens (including phenoxy) is 1. The van der Waals surface area contributed by atoms with E-state index in [2.05, 4.69) is 43.4 Å². The summed E-state index contributed by atoms with van der Waals surface area (Å²) in [4.78, 5) is 1.48. The summed E-state index contributed by atoms with van der Waals surface area (Å²) in [5.41, 5.74) is 1.44. The second kappa shape index (κ2) is 5.38. The van der Waals surface area contributed by atoms with Crippen LogP contribution in [0.2, 0.25) is 0 Å². The Labute approximate surface area is 130 Å². The minimum atomic E-state index is 0.412. The molecule has 1 saturated carbocycles. The molecule has 1 aromatic carbocycles. The van der Waals surface area contributed by atoms with Crippen LogP contribution in [0, 0.1) is 12.8 Å². The van der Waals surface area contributed by atoms with Crippen molar-refractivity contribution in [2.24, 2.45) is 5.92 Å². The van der Waals surface area contributed by atoms with E-state index in [4.69, 9.17) is 4.74 Å². The van der Waals surface area contributed by atoms with E-state index in [9.17, 15) is 0 Å². The van der Waals surface area contributed by atoms with Crippen LogP contribution in [0.25, 0.3) is 10.1 Å². The van der Waals surface area contributed by atoms with Crippen molar-refractivity contribution < 1.29 is 4.74 Å². The van der Waals surface area contributed by atoms with Crippen LogP contribution in [0.3, 0.4) is 0 Å². The smallest absolute Gasteiger partial charge is 0.0757 e. The van der Waals surface area contributed by atoms with Crippen molar-refractivity contribution in [2.75, 3.05) is 6.61 Å². The minimum absolute atomic E-state index is 0.412. The number of benzene rings is 1. The molecule has 2 nitrogen and oxygen atoms in total. The van der Waals surface area contributed by atoms with E-state index in [1.807, 2.05) is 11.3 Å². The molecule has 1 saturated heterocycles. The molecule has 0 amide bonds. The van der Waals surface area contributed by atoms with Gasteiger partial charge in [0.2, 0.25) is 0 Å². The fourth-order valence-corrected chi connectivity index (χ4v) is 4.90. The van der Waals surface area contributed by atoms with Gasteiger partial charge in [0.05, 0.1) is 6.10 Å². The Balaban J connectivity index is 1.55. The predicted octanol–water partition coefficient (Wildman–Crippen LogP) is 4.43. The first-order valence-electron chi connectivity index (χ1n) is 8.09. The predicted molar refractivity (Wildman–Crippen MR) is 89.0 cm³/mol. The van der Waals surface area contributed by atoms with Crippen molar-refractivity contribution >= 4 is 21.4 Å². The molecular formula is C18H23NOS. The number of rotatable bonds is 4. The molecule has 3 atom stereocenters. The zero-order chi connectivity index (χ0) is 14.4. The molecule has 2 aliphatic rings. The lowest BCUT2D eigenvalue weighted by molar-refractivity contribution is 0.0793. The molecule has 21 heavy (non-hydrogen) atoms. The van der Waals surface area contributed by atoms with Gasteiger partial charge in [-0.05, 0) is 56.0 Å². The van der Waals surface area contributed by atoms with E-state index in [0.717, 1.165) is 18.9 Å². The van der Waals surface area contributed by atoms with Gasteiger partial charge in [-0.2, -0.15) is 0 Å². The molecule has 1 aliphatic heterocycles. The third kappa shape index (κ3) is 2.52. The molecule has 0 radical (unpaired) electrons. The monoisotopic (exact) mass is 301 g/mol. The van der Waals surface area contributed by atoms with Crippen LogP contribution in [0.4, 0.5) is 0 Å². The first kappa shape index (κ1) is 13.7. The largest absolute Gasteiger partial charge is 0.376 e. The molecule has 4 rings (SSSR count). The van der Waals surface area contributed by atoms with Crippen molar-refractivity contribution in [3.63, 3.8) is 0 Å². The van der Waals surface area contributed by atoms with E-state index in [-0.39, 0.29) is 0 Å². The van der Waals surface area contributed by atoms with E-state index >= 15 is 0 Å². The highest BCUT2D eigenvalue weighted by atomic mass is 32.1. The Morgan fingerprint density at radius 3 is 2.81 bits per heavy atom. The Morgan fingerprint density at radius 2 is 2.05 bits per heavy atom. The van der Waals surface area contributed by atoms with Gasteiger partial charge in [-0.25, -0.2) is 0 Å². The fourth-order valence-electron chi connectivity index (χ4n) is 3.68. The average Bonchev–Trinajstić information content (AvgIpc) is 3.15. The summed E-state index contributed by atoms with van der Waals surface area (Å²) < 4.78 is 7.36. The molecular weight excluding hydrogens is 278 g/mol. The van der Waals surface area contributed by atoms with Gasteiger partial charge >= 0.3 is 0 Å². The second-order valence-electron chi connectivity index (χ2n) is 6.54. The maximum Gasteiger partial charge on any atom is 0.0757 e.